The van der Waals surface area contributed by atoms with Crippen molar-refractivity contribution in [3.05, 3.63) is 107 Å². The Bertz CT molecular complexity index is 2530. The quantitative estimate of drug-likeness (QED) is 0.0510. The molecule has 2 aliphatic heterocycles. The zero-order valence-electron chi connectivity index (χ0n) is 40.1. The first-order valence-corrected chi connectivity index (χ1v) is 25.0. The van der Waals surface area contributed by atoms with Crippen LogP contribution in [-0.2, 0) is 25.7 Å². The lowest BCUT2D eigenvalue weighted by atomic mass is 9.85. The minimum absolute atomic E-state index is 0.0124. The summed E-state index contributed by atoms with van der Waals surface area (Å²) >= 11 is 1.58. The number of aromatic hydroxyl groups is 1. The third-order valence-electron chi connectivity index (χ3n) is 13.1. The van der Waals surface area contributed by atoms with Gasteiger partial charge in [0.1, 0.15) is 29.6 Å². The number of anilines is 1. The largest absolute Gasteiger partial charge is 0.507 e. The van der Waals surface area contributed by atoms with E-state index < -0.39 is 23.6 Å². The molecular formula is C53H66N8O7S. The Kier molecular flexibility index (Phi) is 17.0. The zero-order valence-corrected chi connectivity index (χ0v) is 40.9. The molecule has 6 N–H and O–H groups in total. The van der Waals surface area contributed by atoms with Gasteiger partial charge in [0, 0.05) is 56.4 Å². The summed E-state index contributed by atoms with van der Waals surface area (Å²) in [4.78, 5) is 63.3. The van der Waals surface area contributed by atoms with Crippen LogP contribution in [0, 0.1) is 12.3 Å². The number of aliphatic hydroxyl groups is 1. The lowest BCUT2D eigenvalue weighted by molar-refractivity contribution is -0.144. The number of amides is 4. The molecule has 7 rings (SSSR count). The average molecular weight is 959 g/mol. The van der Waals surface area contributed by atoms with E-state index in [9.17, 15) is 29.4 Å². The second-order valence-electron chi connectivity index (χ2n) is 19.4. The first-order valence-electron chi connectivity index (χ1n) is 24.1. The summed E-state index contributed by atoms with van der Waals surface area (Å²) < 4.78 is 6.47. The highest BCUT2D eigenvalue weighted by Crippen LogP contribution is 2.35. The van der Waals surface area contributed by atoms with E-state index >= 15 is 0 Å². The van der Waals surface area contributed by atoms with Gasteiger partial charge in [0.2, 0.25) is 23.6 Å². The number of piperidine rings is 1. The van der Waals surface area contributed by atoms with E-state index in [-0.39, 0.29) is 73.1 Å². The predicted molar refractivity (Wildman–Crippen MR) is 267 cm³/mol. The Morgan fingerprint density at radius 2 is 1.57 bits per heavy atom. The first-order chi connectivity index (χ1) is 33.1. The third-order valence-corrected chi connectivity index (χ3v) is 14.0. The highest BCUT2D eigenvalue weighted by atomic mass is 32.1. The molecule has 0 spiro atoms. The lowest BCUT2D eigenvalue weighted by Crippen LogP contribution is -2.57. The van der Waals surface area contributed by atoms with Crippen LogP contribution < -0.4 is 21.1 Å². The van der Waals surface area contributed by atoms with Crippen molar-refractivity contribution < 1.29 is 34.1 Å². The highest BCUT2D eigenvalue weighted by molar-refractivity contribution is 7.13. The van der Waals surface area contributed by atoms with Gasteiger partial charge in [-0.15, -0.1) is 21.5 Å². The number of unbranched alkanes of at least 4 members (excludes halogenated alkanes) is 5. The summed E-state index contributed by atoms with van der Waals surface area (Å²) in [7, 11) is 0. The molecule has 2 aliphatic rings. The summed E-state index contributed by atoms with van der Waals surface area (Å²) in [6, 6.07) is 24.8. The van der Waals surface area contributed by atoms with Crippen molar-refractivity contribution in [3.8, 4) is 33.2 Å². The highest BCUT2D eigenvalue weighted by Gasteiger charge is 2.44. The number of carbonyl (C=O) groups excluding carboxylic acids is 4. The van der Waals surface area contributed by atoms with E-state index in [1.165, 1.54) is 4.90 Å². The number of nitrogens with one attached hydrogen (secondary N) is 2. The number of thiazole rings is 1. The molecule has 16 heteroatoms. The molecule has 0 saturated carbocycles. The normalized spacial score (nSPS) is 18.7. The predicted octanol–water partition coefficient (Wildman–Crippen LogP) is 7.56. The van der Waals surface area contributed by atoms with E-state index in [0.29, 0.717) is 49.4 Å². The summed E-state index contributed by atoms with van der Waals surface area (Å²) in [6.45, 7) is 8.88. The molecule has 0 unspecified atom stereocenters. The number of nitrogen functional groups attached to an aromatic ring is 1. The van der Waals surface area contributed by atoms with Crippen LogP contribution in [0.3, 0.4) is 0 Å². The number of phenolic OH excluding ortho intramolecular Hbond substituents is 1. The zero-order chi connectivity index (χ0) is 49.1. The fourth-order valence-corrected chi connectivity index (χ4v) is 10.0. The average Bonchev–Trinajstić information content (AvgIpc) is 3.96. The Hall–Kier alpha value is -6.39. The summed E-state index contributed by atoms with van der Waals surface area (Å²) in [6.07, 6.45) is 5.18. The summed E-state index contributed by atoms with van der Waals surface area (Å²) in [5.41, 5.74) is 12.4. The summed E-state index contributed by atoms with van der Waals surface area (Å²) in [5.74, 6) is -0.282. The number of carbonyl (C=O) groups is 4. The monoisotopic (exact) mass is 958 g/mol. The molecule has 5 atom stereocenters. The smallest absolute Gasteiger partial charge is 0.246 e. The molecule has 2 aromatic heterocycles. The number of aliphatic hydroxyl groups excluding tert-OH is 1. The van der Waals surface area contributed by atoms with E-state index in [0.717, 1.165) is 59.4 Å². The third kappa shape index (κ3) is 13.4. The molecule has 2 fully saturated rings. The van der Waals surface area contributed by atoms with Gasteiger partial charge in [-0.05, 0) is 60.4 Å². The van der Waals surface area contributed by atoms with Gasteiger partial charge in [0.25, 0.3) is 0 Å². The minimum atomic E-state index is -0.885. The van der Waals surface area contributed by atoms with Crippen LogP contribution in [-0.4, -0.2) is 103 Å². The minimum Gasteiger partial charge on any atom is -0.507 e. The number of ether oxygens (including phenoxy) is 1. The molecule has 0 radical (unpaired) electrons. The van der Waals surface area contributed by atoms with Gasteiger partial charge < -0.3 is 41.1 Å². The molecule has 3 aromatic carbocycles. The van der Waals surface area contributed by atoms with Gasteiger partial charge in [-0.25, -0.2) is 4.98 Å². The Labute approximate surface area is 408 Å². The van der Waals surface area contributed by atoms with Crippen molar-refractivity contribution in [2.45, 2.75) is 129 Å². The van der Waals surface area contributed by atoms with Gasteiger partial charge in [0.05, 0.1) is 28.7 Å². The maximum absolute atomic E-state index is 14.1. The fourth-order valence-electron chi connectivity index (χ4n) is 9.23. The van der Waals surface area contributed by atoms with Crippen LogP contribution in [0.5, 0.6) is 11.5 Å². The maximum atomic E-state index is 14.1. The van der Waals surface area contributed by atoms with Crippen LogP contribution in [0.25, 0.3) is 21.7 Å². The van der Waals surface area contributed by atoms with Crippen LogP contribution in [0.4, 0.5) is 5.82 Å². The second kappa shape index (κ2) is 23.3. The second-order valence-corrected chi connectivity index (χ2v) is 20.3. The Balaban J connectivity index is 0.839. The SMILES string of the molecule is Cc1ncsc1-c1ccc(CNC(=O)[C@@H]2C[C@@H](O)CN2C(=O)[C@@H](NC(=O)CCCCCCCCC(=O)N2C[C@@H](Oc3cc(-c4ccccc4O)nnc3N)C[C@H](c3ccccc3)C2)C(C)(C)C)cc1. The molecule has 2 saturated heterocycles. The number of likely N-dealkylation sites (tertiary alicyclic amines) is 2. The molecule has 69 heavy (non-hydrogen) atoms. The van der Waals surface area contributed by atoms with E-state index in [1.807, 2.05) is 80.6 Å². The Morgan fingerprint density at radius 3 is 2.26 bits per heavy atom. The van der Waals surface area contributed by atoms with Crippen molar-refractivity contribution in [3.63, 3.8) is 0 Å². The Morgan fingerprint density at radius 1 is 0.870 bits per heavy atom. The van der Waals surface area contributed by atoms with Crippen LogP contribution >= 0.6 is 11.3 Å². The van der Waals surface area contributed by atoms with Crippen LogP contribution in [0.15, 0.2) is 90.4 Å². The van der Waals surface area contributed by atoms with Crippen molar-refractivity contribution in [1.29, 1.82) is 0 Å². The van der Waals surface area contributed by atoms with Crippen molar-refractivity contribution in [2.75, 3.05) is 25.4 Å². The molecule has 4 heterocycles. The molecule has 0 bridgehead atoms. The van der Waals surface area contributed by atoms with Gasteiger partial charge >= 0.3 is 0 Å². The van der Waals surface area contributed by atoms with Gasteiger partial charge in [-0.2, -0.15) is 0 Å². The molecular weight excluding hydrogens is 893 g/mol. The fraction of sp³-hybridized carbons (Fsp3) is 0.453. The number of aromatic nitrogens is 3. The molecule has 4 amide bonds. The van der Waals surface area contributed by atoms with Gasteiger partial charge in [-0.1, -0.05) is 113 Å². The van der Waals surface area contributed by atoms with Crippen molar-refractivity contribution >= 4 is 40.8 Å². The summed E-state index contributed by atoms with van der Waals surface area (Å²) in [5, 5.41) is 35.2. The molecule has 5 aromatic rings. The van der Waals surface area contributed by atoms with Crippen LogP contribution in [0.2, 0.25) is 0 Å². The van der Waals surface area contributed by atoms with E-state index in [2.05, 4.69) is 37.9 Å². The standard InChI is InChI=1S/C53H66N8O7S/c1-34-48(69-33-56-34)37-24-22-35(23-25-37)29-55-51(66)43-27-39(62)31-61(43)52(67)49(53(2,3)4)57-46(64)20-12-7-5-6-8-13-21-47(65)60-30-38(36-16-10-9-11-17-36)26-40(32-60)68-45-28-42(58-59-50(45)54)41-18-14-15-19-44(41)63/h9-11,14-19,22-25,28,33,38-40,43,49,62-63H,5-8,12-13,20-21,26-27,29-32H2,1-4H3,(H2,54,59)(H,55,66)(H,57,64)/t38-,39+,40-,43-,49+/m0/s1. The topological polar surface area (TPSA) is 213 Å². The number of hydrogen-bond acceptors (Lipinski definition) is 12. The number of nitrogens with two attached hydrogens (primary N) is 1. The number of benzene rings is 3. The van der Waals surface area contributed by atoms with Crippen LogP contribution in [0.1, 0.15) is 108 Å². The number of para-hydroxylation sites is 1. The van der Waals surface area contributed by atoms with Gasteiger partial charge in [0.15, 0.2) is 11.6 Å². The van der Waals surface area contributed by atoms with E-state index in [1.54, 1.807) is 41.7 Å². The molecule has 15 nitrogen and oxygen atoms in total. The number of phenols is 1. The number of aryl methyl sites for hydroxylation is 1. The lowest BCUT2D eigenvalue weighted by Gasteiger charge is -2.38. The number of hydrogen-bond donors (Lipinski definition) is 5. The number of β-amino-alcohol motifs (C(OH)–C–C–N with tert-alkyl or cyclic N) is 1. The number of nitrogens with zero attached hydrogens (tertiary/aromatic N) is 5. The maximum Gasteiger partial charge on any atom is 0.246 e. The van der Waals surface area contributed by atoms with Crippen molar-refractivity contribution in [1.82, 2.24) is 35.6 Å². The first kappa shape index (κ1) is 50.5. The van der Waals surface area contributed by atoms with Crippen molar-refractivity contribution in [2.24, 2.45) is 5.41 Å². The van der Waals surface area contributed by atoms with E-state index in [4.69, 9.17) is 10.5 Å². The number of rotatable bonds is 19. The van der Waals surface area contributed by atoms with Gasteiger partial charge in [-0.3, -0.25) is 19.2 Å². The molecule has 0 aliphatic carbocycles. The molecule has 366 valence electrons.